The summed E-state index contributed by atoms with van der Waals surface area (Å²) in [5, 5.41) is 10.9. The fourth-order valence-electron chi connectivity index (χ4n) is 4.07. The van der Waals surface area contributed by atoms with Crippen LogP contribution in [0.5, 0.6) is 0 Å². The van der Waals surface area contributed by atoms with Crippen molar-refractivity contribution in [1.82, 2.24) is 20.3 Å². The van der Waals surface area contributed by atoms with Crippen LogP contribution >= 0.6 is 12.2 Å². The van der Waals surface area contributed by atoms with Crippen molar-refractivity contribution in [2.75, 3.05) is 6.54 Å². The topological polar surface area (TPSA) is 53.4 Å². The Bertz CT molecular complexity index is 1250. The van der Waals surface area contributed by atoms with Crippen LogP contribution in [0.2, 0.25) is 0 Å². The molecule has 0 aliphatic carbocycles. The maximum atomic E-state index is 5.80. The molecular weight excluding hydrogens is 414 g/mol. The van der Waals surface area contributed by atoms with Crippen LogP contribution in [0.3, 0.4) is 0 Å². The number of hydrazone groups is 1. The summed E-state index contributed by atoms with van der Waals surface area (Å²) < 4.78 is 0. The number of thiocarbonyl (C=S) groups is 1. The molecule has 0 spiro atoms. The van der Waals surface area contributed by atoms with Crippen LogP contribution in [-0.2, 0) is 6.42 Å². The SMILES string of the molecule is S=C(NCCc1ccccc1)N1N=C(c2ccccc2)C[C@@H]1c1cccc2nccnc12. The lowest BCUT2D eigenvalue weighted by Gasteiger charge is -2.25. The van der Waals surface area contributed by atoms with E-state index in [1.54, 1.807) is 12.4 Å². The third kappa shape index (κ3) is 4.22. The van der Waals surface area contributed by atoms with Gasteiger partial charge in [0.2, 0.25) is 0 Å². The first-order chi connectivity index (χ1) is 15.8. The van der Waals surface area contributed by atoms with E-state index in [-0.39, 0.29) is 6.04 Å². The van der Waals surface area contributed by atoms with E-state index in [0.717, 1.165) is 47.3 Å². The number of rotatable bonds is 5. The first kappa shape index (κ1) is 20.3. The minimum absolute atomic E-state index is 0.0395. The van der Waals surface area contributed by atoms with Gasteiger partial charge in [0.1, 0.15) is 0 Å². The molecule has 1 aliphatic rings. The van der Waals surface area contributed by atoms with Gasteiger partial charge >= 0.3 is 0 Å². The molecule has 0 bridgehead atoms. The number of nitrogens with zero attached hydrogens (tertiary/aromatic N) is 4. The van der Waals surface area contributed by atoms with Crippen molar-refractivity contribution in [2.24, 2.45) is 5.10 Å². The number of hydrogen-bond donors (Lipinski definition) is 1. The number of para-hydroxylation sites is 1. The Kier molecular flexibility index (Phi) is 5.85. The molecule has 32 heavy (non-hydrogen) atoms. The zero-order valence-electron chi connectivity index (χ0n) is 17.6. The summed E-state index contributed by atoms with van der Waals surface area (Å²) in [6.45, 7) is 0.748. The van der Waals surface area contributed by atoms with E-state index in [4.69, 9.17) is 17.3 Å². The molecule has 0 saturated heterocycles. The summed E-state index contributed by atoms with van der Waals surface area (Å²) in [6, 6.07) is 26.8. The lowest BCUT2D eigenvalue weighted by atomic mass is 9.97. The van der Waals surface area contributed by atoms with Gasteiger partial charge in [-0.2, -0.15) is 5.10 Å². The van der Waals surface area contributed by atoms with Crippen LogP contribution in [-0.4, -0.2) is 32.3 Å². The van der Waals surface area contributed by atoms with E-state index in [2.05, 4.69) is 57.7 Å². The van der Waals surface area contributed by atoms with Crippen molar-refractivity contribution < 1.29 is 0 Å². The van der Waals surface area contributed by atoms with E-state index in [1.165, 1.54) is 5.56 Å². The standard InChI is InChI=1S/C26H23N5S/c32-26(29-15-14-19-8-3-1-4-9-19)31-24(18-23(30-31)20-10-5-2-6-11-20)21-12-7-13-22-25(21)28-17-16-27-22/h1-13,16-17,24H,14-15,18H2,(H,29,32)/t24-/m1/s1. The highest BCUT2D eigenvalue weighted by atomic mass is 32.1. The molecule has 0 fully saturated rings. The minimum atomic E-state index is -0.0395. The van der Waals surface area contributed by atoms with Crippen molar-refractivity contribution >= 4 is 34.1 Å². The summed E-state index contributed by atoms with van der Waals surface area (Å²) in [5.74, 6) is 0. The van der Waals surface area contributed by atoms with Gasteiger partial charge in [0.25, 0.3) is 0 Å². The van der Waals surface area contributed by atoms with Crippen molar-refractivity contribution in [2.45, 2.75) is 18.9 Å². The Morgan fingerprint density at radius 2 is 1.66 bits per heavy atom. The Morgan fingerprint density at radius 3 is 2.47 bits per heavy atom. The highest BCUT2D eigenvalue weighted by Crippen LogP contribution is 2.35. The normalized spacial score (nSPS) is 15.6. The third-order valence-electron chi connectivity index (χ3n) is 5.65. The molecule has 1 aromatic heterocycles. The van der Waals surface area contributed by atoms with Gasteiger partial charge < -0.3 is 5.32 Å². The Morgan fingerprint density at radius 1 is 0.906 bits per heavy atom. The third-order valence-corrected chi connectivity index (χ3v) is 5.98. The number of fused-ring (bicyclic) bond motifs is 1. The van der Waals surface area contributed by atoms with Crippen LogP contribution in [0.1, 0.15) is 29.2 Å². The molecule has 1 aliphatic heterocycles. The van der Waals surface area contributed by atoms with Gasteiger partial charge in [0.05, 0.1) is 22.8 Å². The Hall–Kier alpha value is -3.64. The van der Waals surface area contributed by atoms with E-state index in [1.807, 2.05) is 41.4 Å². The van der Waals surface area contributed by atoms with E-state index in [0.29, 0.717) is 5.11 Å². The summed E-state index contributed by atoms with van der Waals surface area (Å²) in [4.78, 5) is 9.09. The van der Waals surface area contributed by atoms with Crippen LogP contribution in [0.15, 0.2) is 96.4 Å². The molecule has 0 unspecified atom stereocenters. The van der Waals surface area contributed by atoms with Crippen molar-refractivity contribution in [3.8, 4) is 0 Å². The number of nitrogens with one attached hydrogen (secondary N) is 1. The molecule has 2 heterocycles. The molecule has 1 atom stereocenters. The number of hydrogen-bond acceptors (Lipinski definition) is 4. The second-order valence-corrected chi connectivity index (χ2v) is 8.10. The van der Waals surface area contributed by atoms with Crippen molar-refractivity contribution in [1.29, 1.82) is 0 Å². The van der Waals surface area contributed by atoms with Gasteiger partial charge in [0, 0.05) is 30.9 Å². The van der Waals surface area contributed by atoms with Gasteiger partial charge in [0.15, 0.2) is 5.11 Å². The highest BCUT2D eigenvalue weighted by molar-refractivity contribution is 7.80. The first-order valence-electron chi connectivity index (χ1n) is 10.7. The zero-order valence-corrected chi connectivity index (χ0v) is 18.4. The smallest absolute Gasteiger partial charge is 0.190 e. The molecule has 3 aromatic carbocycles. The average molecular weight is 438 g/mol. The maximum absolute atomic E-state index is 5.80. The lowest BCUT2D eigenvalue weighted by Crippen LogP contribution is -2.37. The predicted molar refractivity (Wildman–Crippen MR) is 132 cm³/mol. The van der Waals surface area contributed by atoms with E-state index >= 15 is 0 Å². The van der Waals surface area contributed by atoms with Gasteiger partial charge in [-0.25, -0.2) is 5.01 Å². The van der Waals surface area contributed by atoms with Gasteiger partial charge in [-0.1, -0.05) is 72.8 Å². The van der Waals surface area contributed by atoms with Crippen molar-refractivity contribution in [3.63, 3.8) is 0 Å². The summed E-state index contributed by atoms with van der Waals surface area (Å²) in [5.41, 5.74) is 6.25. The molecule has 1 N–H and O–H groups in total. The minimum Gasteiger partial charge on any atom is -0.361 e. The Balaban J connectivity index is 1.43. The van der Waals surface area contributed by atoms with Gasteiger partial charge in [-0.15, -0.1) is 0 Å². The molecule has 5 nitrogen and oxygen atoms in total. The van der Waals surface area contributed by atoms with Crippen molar-refractivity contribution in [3.05, 3.63) is 108 Å². The molecule has 158 valence electrons. The average Bonchev–Trinajstić information content (AvgIpc) is 3.30. The quantitative estimate of drug-likeness (QED) is 0.450. The largest absolute Gasteiger partial charge is 0.361 e. The van der Waals surface area contributed by atoms with Crippen LogP contribution in [0, 0.1) is 0 Å². The highest BCUT2D eigenvalue weighted by Gasteiger charge is 2.32. The summed E-state index contributed by atoms with van der Waals surface area (Å²) in [6.07, 6.45) is 5.11. The zero-order chi connectivity index (χ0) is 21.8. The second-order valence-electron chi connectivity index (χ2n) is 7.72. The molecule has 5 rings (SSSR count). The van der Waals surface area contributed by atoms with E-state index < -0.39 is 0 Å². The summed E-state index contributed by atoms with van der Waals surface area (Å²) in [7, 11) is 0. The number of aromatic nitrogens is 2. The maximum Gasteiger partial charge on any atom is 0.190 e. The molecular formula is C26H23N5S. The predicted octanol–water partition coefficient (Wildman–Crippen LogP) is 4.90. The molecule has 4 aromatic rings. The lowest BCUT2D eigenvalue weighted by molar-refractivity contribution is 0.366. The second kappa shape index (κ2) is 9.24. The summed E-state index contributed by atoms with van der Waals surface area (Å²) >= 11 is 5.80. The molecule has 0 amide bonds. The number of benzene rings is 3. The van der Waals surface area contributed by atoms with Gasteiger partial charge in [-0.3, -0.25) is 9.97 Å². The van der Waals surface area contributed by atoms with Crippen LogP contribution in [0.4, 0.5) is 0 Å². The monoisotopic (exact) mass is 437 g/mol. The Labute approximate surface area is 192 Å². The van der Waals surface area contributed by atoms with Crippen LogP contribution < -0.4 is 5.32 Å². The van der Waals surface area contributed by atoms with E-state index in [9.17, 15) is 0 Å². The molecule has 0 saturated carbocycles. The fraction of sp³-hybridized carbons (Fsp3) is 0.154. The van der Waals surface area contributed by atoms with Gasteiger partial charge in [-0.05, 0) is 35.8 Å². The van der Waals surface area contributed by atoms with Crippen LogP contribution in [0.25, 0.3) is 11.0 Å². The molecule has 6 heteroatoms. The fourth-order valence-corrected chi connectivity index (χ4v) is 4.34. The molecule has 0 radical (unpaired) electrons. The first-order valence-corrected chi connectivity index (χ1v) is 11.1.